The smallest absolute Gasteiger partial charge is 0.222 e. The van der Waals surface area contributed by atoms with Crippen LogP contribution in [0, 0.1) is 6.92 Å². The number of nitrogens with one attached hydrogen (secondary N) is 1. The summed E-state index contributed by atoms with van der Waals surface area (Å²) in [4.78, 5) is 14.7. The van der Waals surface area contributed by atoms with E-state index in [1.54, 1.807) is 0 Å². The van der Waals surface area contributed by atoms with Crippen molar-refractivity contribution in [2.24, 2.45) is 0 Å². The summed E-state index contributed by atoms with van der Waals surface area (Å²) in [5.74, 6) is 0.103. The molecule has 4 heteroatoms. The first-order valence-electron chi connectivity index (χ1n) is 9.33. The molecule has 0 saturated carbocycles. The Hall–Kier alpha value is -1.39. The maximum atomic E-state index is 12.3. The molecular weight excluding hydrogens is 300 g/mol. The fraction of sp³-hybridized carbons (Fsp3) is 0.650. The Morgan fingerprint density at radius 3 is 2.54 bits per heavy atom. The van der Waals surface area contributed by atoms with E-state index >= 15 is 0 Å². The van der Waals surface area contributed by atoms with Crippen molar-refractivity contribution in [3.8, 4) is 0 Å². The molecule has 0 bridgehead atoms. The molecule has 1 fully saturated rings. The van der Waals surface area contributed by atoms with Crippen LogP contribution in [0.25, 0.3) is 0 Å². The zero-order valence-corrected chi connectivity index (χ0v) is 15.4. The molecule has 4 nitrogen and oxygen atoms in total. The predicted molar refractivity (Wildman–Crippen MR) is 98.1 cm³/mol. The number of amides is 1. The Morgan fingerprint density at radius 1 is 1.25 bits per heavy atom. The summed E-state index contributed by atoms with van der Waals surface area (Å²) in [5.41, 5.74) is 2.52. The minimum atomic E-state index is 0.102. The zero-order valence-electron chi connectivity index (χ0n) is 15.4. The third kappa shape index (κ3) is 5.60. The number of hydrogen-bond acceptors (Lipinski definition) is 3. The lowest BCUT2D eigenvalue weighted by molar-refractivity contribution is -0.125. The van der Waals surface area contributed by atoms with E-state index in [2.05, 4.69) is 55.3 Å². The molecule has 134 valence electrons. The topological polar surface area (TPSA) is 41.6 Å². The third-order valence-corrected chi connectivity index (χ3v) is 4.89. The van der Waals surface area contributed by atoms with E-state index < -0.39 is 0 Å². The average molecular weight is 332 g/mol. The van der Waals surface area contributed by atoms with Crippen LogP contribution in [-0.2, 0) is 9.53 Å². The van der Waals surface area contributed by atoms with E-state index in [0.717, 1.165) is 32.5 Å². The van der Waals surface area contributed by atoms with E-state index in [4.69, 9.17) is 4.74 Å². The predicted octanol–water partition coefficient (Wildman–Crippen LogP) is 3.45. The zero-order chi connectivity index (χ0) is 17.4. The molecule has 1 aromatic carbocycles. The van der Waals surface area contributed by atoms with E-state index in [1.807, 2.05) is 0 Å². The number of aryl methyl sites for hydroxylation is 1. The van der Waals surface area contributed by atoms with E-state index in [-0.39, 0.29) is 18.1 Å². The number of hydrogen-bond donors (Lipinski definition) is 1. The van der Waals surface area contributed by atoms with Crippen LogP contribution in [0.4, 0.5) is 0 Å². The number of ether oxygens (including phenoxy) is 1. The number of rotatable bonds is 8. The average Bonchev–Trinajstić information content (AvgIpc) is 2.60. The summed E-state index contributed by atoms with van der Waals surface area (Å²) in [6, 6.07) is 8.85. The molecule has 1 heterocycles. The Balaban J connectivity index is 1.94. The first kappa shape index (κ1) is 18.9. The Kier molecular flexibility index (Phi) is 7.73. The van der Waals surface area contributed by atoms with Crippen molar-refractivity contribution in [2.75, 3.05) is 26.2 Å². The molecule has 24 heavy (non-hydrogen) atoms. The van der Waals surface area contributed by atoms with Crippen LogP contribution < -0.4 is 5.32 Å². The summed E-state index contributed by atoms with van der Waals surface area (Å²) >= 11 is 0. The number of carbonyl (C=O) groups excluding carboxylic acids is 1. The maximum absolute atomic E-state index is 12.3. The highest BCUT2D eigenvalue weighted by Gasteiger charge is 2.21. The lowest BCUT2D eigenvalue weighted by Gasteiger charge is -2.30. The molecule has 1 amide bonds. The highest BCUT2D eigenvalue weighted by molar-refractivity contribution is 5.76. The van der Waals surface area contributed by atoms with Crippen LogP contribution in [0.15, 0.2) is 24.3 Å². The van der Waals surface area contributed by atoms with Crippen molar-refractivity contribution < 1.29 is 9.53 Å². The molecule has 0 radical (unpaired) electrons. The van der Waals surface area contributed by atoms with Crippen LogP contribution in [0.1, 0.15) is 56.7 Å². The van der Waals surface area contributed by atoms with Crippen LogP contribution in [0.3, 0.4) is 0 Å². The molecule has 0 aliphatic carbocycles. The number of carbonyl (C=O) groups is 1. The van der Waals surface area contributed by atoms with Gasteiger partial charge in [0.1, 0.15) is 0 Å². The minimum absolute atomic E-state index is 0.102. The van der Waals surface area contributed by atoms with Crippen LogP contribution in [0.2, 0.25) is 0 Å². The monoisotopic (exact) mass is 332 g/mol. The largest absolute Gasteiger partial charge is 0.378 e. The molecule has 1 N–H and O–H groups in total. The van der Waals surface area contributed by atoms with Gasteiger partial charge in [0.05, 0.1) is 18.6 Å². The van der Waals surface area contributed by atoms with Crippen molar-refractivity contribution in [1.29, 1.82) is 0 Å². The first-order chi connectivity index (χ1) is 11.6. The Morgan fingerprint density at radius 2 is 1.96 bits per heavy atom. The van der Waals surface area contributed by atoms with Crippen molar-refractivity contribution in [3.63, 3.8) is 0 Å². The summed E-state index contributed by atoms with van der Waals surface area (Å²) in [6.07, 6.45) is 3.88. The van der Waals surface area contributed by atoms with Crippen molar-refractivity contribution in [3.05, 3.63) is 35.4 Å². The van der Waals surface area contributed by atoms with Gasteiger partial charge in [-0.2, -0.15) is 0 Å². The number of benzene rings is 1. The van der Waals surface area contributed by atoms with Crippen LogP contribution in [0.5, 0.6) is 0 Å². The normalized spacial score (nSPS) is 19.2. The second-order valence-corrected chi connectivity index (χ2v) is 6.64. The van der Waals surface area contributed by atoms with Gasteiger partial charge in [-0.1, -0.05) is 43.7 Å². The van der Waals surface area contributed by atoms with Gasteiger partial charge in [-0.25, -0.2) is 0 Å². The second-order valence-electron chi connectivity index (χ2n) is 6.64. The fourth-order valence-electron chi connectivity index (χ4n) is 3.37. The third-order valence-electron chi connectivity index (χ3n) is 4.89. The van der Waals surface area contributed by atoms with Crippen LogP contribution in [-0.4, -0.2) is 43.2 Å². The van der Waals surface area contributed by atoms with Gasteiger partial charge < -0.3 is 10.1 Å². The molecule has 1 saturated heterocycles. The Labute approximate surface area is 146 Å². The first-order valence-corrected chi connectivity index (χ1v) is 9.33. The van der Waals surface area contributed by atoms with Crippen LogP contribution >= 0.6 is 0 Å². The quantitative estimate of drug-likeness (QED) is 0.793. The van der Waals surface area contributed by atoms with Gasteiger partial charge in [-0.15, -0.1) is 0 Å². The van der Waals surface area contributed by atoms with Gasteiger partial charge in [-0.05, 0) is 44.8 Å². The molecule has 0 aromatic heterocycles. The fourth-order valence-corrected chi connectivity index (χ4v) is 3.37. The SMILES string of the molecule is CCN(CC)C(CNC(=O)CC1CCCCO1)c1ccc(C)cc1. The maximum Gasteiger partial charge on any atom is 0.222 e. The van der Waals surface area contributed by atoms with Gasteiger partial charge >= 0.3 is 0 Å². The van der Waals surface area contributed by atoms with E-state index in [9.17, 15) is 4.79 Å². The van der Waals surface area contributed by atoms with Gasteiger partial charge in [0.2, 0.25) is 5.91 Å². The van der Waals surface area contributed by atoms with Crippen molar-refractivity contribution in [2.45, 2.75) is 58.6 Å². The number of likely N-dealkylation sites (N-methyl/N-ethyl adjacent to an activating group) is 1. The van der Waals surface area contributed by atoms with Gasteiger partial charge in [-0.3, -0.25) is 9.69 Å². The van der Waals surface area contributed by atoms with E-state index in [1.165, 1.54) is 17.5 Å². The molecule has 1 aliphatic rings. The van der Waals surface area contributed by atoms with E-state index in [0.29, 0.717) is 13.0 Å². The van der Waals surface area contributed by atoms with Gasteiger partial charge in [0.15, 0.2) is 0 Å². The lowest BCUT2D eigenvalue weighted by atomic mass is 10.0. The molecule has 0 spiro atoms. The second kappa shape index (κ2) is 9.80. The molecule has 2 atom stereocenters. The van der Waals surface area contributed by atoms with Gasteiger partial charge in [0, 0.05) is 13.2 Å². The standard InChI is InChI=1S/C20H32N2O2/c1-4-22(5-2)19(17-11-9-16(3)10-12-17)15-21-20(23)14-18-8-6-7-13-24-18/h9-12,18-19H,4-8,13-15H2,1-3H3,(H,21,23). The minimum Gasteiger partial charge on any atom is -0.378 e. The summed E-state index contributed by atoms with van der Waals surface area (Å²) in [6.45, 7) is 9.82. The summed E-state index contributed by atoms with van der Waals surface area (Å²) in [7, 11) is 0. The summed E-state index contributed by atoms with van der Waals surface area (Å²) in [5, 5.41) is 3.13. The molecule has 1 aliphatic heterocycles. The molecule has 2 unspecified atom stereocenters. The summed E-state index contributed by atoms with van der Waals surface area (Å²) < 4.78 is 5.67. The van der Waals surface area contributed by atoms with Gasteiger partial charge in [0.25, 0.3) is 0 Å². The van der Waals surface area contributed by atoms with Crippen molar-refractivity contribution in [1.82, 2.24) is 10.2 Å². The molecule has 2 rings (SSSR count). The highest BCUT2D eigenvalue weighted by atomic mass is 16.5. The van der Waals surface area contributed by atoms with Crippen molar-refractivity contribution >= 4 is 5.91 Å². The Bertz CT molecular complexity index is 491. The molecule has 1 aromatic rings. The lowest BCUT2D eigenvalue weighted by Crippen LogP contribution is -2.39. The molecular formula is C20H32N2O2. The highest BCUT2D eigenvalue weighted by Crippen LogP contribution is 2.21. The number of nitrogens with zero attached hydrogens (tertiary/aromatic N) is 1.